The molecule has 1 aromatic carbocycles. The van der Waals surface area contributed by atoms with Gasteiger partial charge in [0.15, 0.2) is 5.11 Å². The topological polar surface area (TPSA) is 94.9 Å². The Balaban J connectivity index is 2.36. The van der Waals surface area contributed by atoms with Crippen molar-refractivity contribution < 1.29 is 22.6 Å². The van der Waals surface area contributed by atoms with Gasteiger partial charge in [-0.25, -0.2) is 13.4 Å². The molecule has 0 fully saturated rings. The van der Waals surface area contributed by atoms with Crippen LogP contribution in [-0.2, 0) is 38.2 Å². The smallest absolute Gasteiger partial charge is 0.228 e. The van der Waals surface area contributed by atoms with Crippen LogP contribution in [0.5, 0.6) is 5.75 Å². The third-order valence-corrected chi connectivity index (χ3v) is 6.78. The first-order chi connectivity index (χ1) is 15.7. The average molecular weight is 499 g/mol. The van der Waals surface area contributed by atoms with Gasteiger partial charge in [0.2, 0.25) is 15.0 Å². The Hall–Kier alpha value is -2.21. The highest BCUT2D eigenvalue weighted by Crippen LogP contribution is 2.21. The van der Waals surface area contributed by atoms with Gasteiger partial charge >= 0.3 is 0 Å². The van der Waals surface area contributed by atoms with E-state index in [1.165, 1.54) is 0 Å². The molecule has 0 radical (unpaired) electrons. The normalized spacial score (nSPS) is 11.6. The Kier molecular flexibility index (Phi) is 10.6. The number of aromatic nitrogens is 2. The van der Waals surface area contributed by atoms with E-state index in [-0.39, 0.29) is 17.0 Å². The van der Waals surface area contributed by atoms with Gasteiger partial charge in [-0.05, 0) is 43.8 Å². The number of methoxy groups -OCH3 is 3. The largest absolute Gasteiger partial charge is 0.497 e. The molecule has 0 unspecified atom stereocenters. The summed E-state index contributed by atoms with van der Waals surface area (Å²) in [6.07, 6.45) is 1.59. The van der Waals surface area contributed by atoms with Gasteiger partial charge in [0.1, 0.15) is 5.75 Å². The van der Waals surface area contributed by atoms with Gasteiger partial charge in [0.25, 0.3) is 0 Å². The summed E-state index contributed by atoms with van der Waals surface area (Å²) in [6.45, 7) is 6.12. The zero-order valence-corrected chi connectivity index (χ0v) is 21.5. The number of imidazole rings is 1. The second-order valence-electron chi connectivity index (χ2n) is 7.81. The van der Waals surface area contributed by atoms with Crippen molar-refractivity contribution in [3.63, 3.8) is 0 Å². The monoisotopic (exact) mass is 498 g/mol. The Morgan fingerprint density at radius 2 is 1.94 bits per heavy atom. The molecule has 0 saturated carbocycles. The Morgan fingerprint density at radius 3 is 2.58 bits per heavy atom. The van der Waals surface area contributed by atoms with E-state index in [0.717, 1.165) is 5.69 Å². The van der Waals surface area contributed by atoms with Gasteiger partial charge in [-0.2, -0.15) is 0 Å². The SMILES string of the molecule is COCCN(Cc1cnc(S(=O)(=O)Cc2cccc(OC)c2)n1CCOC)C(=S)NC(C)C. The fourth-order valence-corrected chi connectivity index (χ4v) is 5.12. The van der Waals surface area contributed by atoms with Crippen molar-refractivity contribution >= 4 is 27.2 Å². The van der Waals surface area contributed by atoms with Crippen LogP contribution in [0.2, 0.25) is 0 Å². The third-order valence-electron chi connectivity index (χ3n) is 4.81. The van der Waals surface area contributed by atoms with Gasteiger partial charge < -0.3 is 29.0 Å². The quantitative estimate of drug-likeness (QED) is 0.417. The minimum absolute atomic E-state index is 0.00629. The van der Waals surface area contributed by atoms with E-state index in [1.807, 2.05) is 18.7 Å². The lowest BCUT2D eigenvalue weighted by atomic mass is 10.2. The molecule has 0 aliphatic heterocycles. The first kappa shape index (κ1) is 27.0. The van der Waals surface area contributed by atoms with Crippen LogP contribution in [0.3, 0.4) is 0 Å². The molecule has 9 nitrogen and oxygen atoms in total. The Bertz CT molecular complexity index is 1010. The van der Waals surface area contributed by atoms with E-state index in [4.69, 9.17) is 26.4 Å². The molecule has 0 bridgehead atoms. The van der Waals surface area contributed by atoms with Gasteiger partial charge in [-0.1, -0.05) is 12.1 Å². The number of nitrogens with one attached hydrogen (secondary N) is 1. The number of rotatable bonds is 13. The van der Waals surface area contributed by atoms with Crippen LogP contribution in [0.25, 0.3) is 0 Å². The molecule has 33 heavy (non-hydrogen) atoms. The minimum Gasteiger partial charge on any atom is -0.497 e. The van der Waals surface area contributed by atoms with Crippen molar-refractivity contribution in [1.29, 1.82) is 0 Å². The number of ether oxygens (including phenoxy) is 3. The van der Waals surface area contributed by atoms with Crippen LogP contribution in [-0.4, -0.2) is 75.1 Å². The fourth-order valence-electron chi connectivity index (χ4n) is 3.22. The Morgan fingerprint density at radius 1 is 1.21 bits per heavy atom. The van der Waals surface area contributed by atoms with Gasteiger partial charge in [0, 0.05) is 33.4 Å². The van der Waals surface area contributed by atoms with E-state index in [2.05, 4.69) is 10.3 Å². The lowest BCUT2D eigenvalue weighted by molar-refractivity contribution is 0.170. The van der Waals surface area contributed by atoms with Crippen LogP contribution in [0.15, 0.2) is 35.6 Å². The number of benzene rings is 1. The van der Waals surface area contributed by atoms with Crippen LogP contribution in [0, 0.1) is 0 Å². The zero-order valence-electron chi connectivity index (χ0n) is 19.9. The van der Waals surface area contributed by atoms with Gasteiger partial charge in [-0.15, -0.1) is 0 Å². The van der Waals surface area contributed by atoms with E-state index in [1.54, 1.807) is 56.4 Å². The standard InChI is InChI=1S/C22H34N4O5S2/c1-17(2)24-21(32)25(9-11-29-3)15-19-14-23-22(26(19)10-12-30-4)33(27,28)16-18-7-6-8-20(13-18)31-5/h6-8,13-14,17H,9-12,15-16H2,1-5H3,(H,24,32). The van der Waals surface area contributed by atoms with Crippen molar-refractivity contribution in [3.05, 3.63) is 41.7 Å². The summed E-state index contributed by atoms with van der Waals surface area (Å²) in [5.74, 6) is 0.417. The molecule has 1 aromatic heterocycles. The van der Waals surface area contributed by atoms with Gasteiger partial charge in [-0.3, -0.25) is 0 Å². The Labute approximate surface area is 202 Å². The van der Waals surface area contributed by atoms with E-state index < -0.39 is 9.84 Å². The summed E-state index contributed by atoms with van der Waals surface area (Å²) in [6, 6.07) is 7.17. The summed E-state index contributed by atoms with van der Waals surface area (Å²) < 4.78 is 44.0. The fraction of sp³-hybridized carbons (Fsp3) is 0.545. The molecular weight excluding hydrogens is 464 g/mol. The van der Waals surface area contributed by atoms with E-state index in [0.29, 0.717) is 49.3 Å². The van der Waals surface area contributed by atoms with Crippen LogP contribution in [0.4, 0.5) is 0 Å². The molecule has 0 amide bonds. The molecule has 2 aromatic rings. The molecule has 0 aliphatic carbocycles. The second-order valence-corrected chi connectivity index (χ2v) is 10.1. The number of hydrogen-bond acceptors (Lipinski definition) is 7. The summed E-state index contributed by atoms with van der Waals surface area (Å²) in [4.78, 5) is 6.24. The van der Waals surface area contributed by atoms with Crippen LogP contribution >= 0.6 is 12.2 Å². The predicted octanol–water partition coefficient (Wildman–Crippen LogP) is 2.24. The highest BCUT2D eigenvalue weighted by Gasteiger charge is 2.25. The molecule has 0 spiro atoms. The number of nitrogens with zero attached hydrogens (tertiary/aromatic N) is 3. The summed E-state index contributed by atoms with van der Waals surface area (Å²) >= 11 is 5.56. The average Bonchev–Trinajstić information content (AvgIpc) is 3.17. The van der Waals surface area contributed by atoms with Crippen molar-refractivity contribution in [2.75, 3.05) is 41.1 Å². The van der Waals surface area contributed by atoms with Crippen molar-refractivity contribution in [2.24, 2.45) is 0 Å². The molecule has 184 valence electrons. The van der Waals surface area contributed by atoms with Gasteiger partial charge in [0.05, 0.1) is 44.5 Å². The summed E-state index contributed by atoms with van der Waals surface area (Å²) in [7, 11) is 1.03. The second kappa shape index (κ2) is 12.9. The molecule has 1 heterocycles. The number of sulfone groups is 1. The first-order valence-electron chi connectivity index (χ1n) is 10.6. The first-order valence-corrected chi connectivity index (χ1v) is 12.7. The highest BCUT2D eigenvalue weighted by molar-refractivity contribution is 7.90. The maximum Gasteiger partial charge on any atom is 0.228 e. The maximum atomic E-state index is 13.3. The molecule has 11 heteroatoms. The maximum absolute atomic E-state index is 13.3. The number of hydrogen-bond donors (Lipinski definition) is 1. The van der Waals surface area contributed by atoms with Crippen molar-refractivity contribution in [2.45, 2.75) is 43.9 Å². The predicted molar refractivity (Wildman–Crippen MR) is 131 cm³/mol. The van der Waals surface area contributed by atoms with E-state index in [9.17, 15) is 8.42 Å². The highest BCUT2D eigenvalue weighted by atomic mass is 32.2. The van der Waals surface area contributed by atoms with Crippen molar-refractivity contribution in [3.8, 4) is 5.75 Å². The molecular formula is C22H34N4O5S2. The lowest BCUT2D eigenvalue weighted by Gasteiger charge is -2.27. The molecule has 2 rings (SSSR count). The minimum atomic E-state index is -3.72. The molecule has 1 N–H and O–H groups in total. The van der Waals surface area contributed by atoms with E-state index >= 15 is 0 Å². The third kappa shape index (κ3) is 7.95. The number of thiocarbonyl (C=S) groups is 1. The summed E-state index contributed by atoms with van der Waals surface area (Å²) in [5, 5.41) is 3.81. The molecule has 0 saturated heterocycles. The van der Waals surface area contributed by atoms with Crippen molar-refractivity contribution in [1.82, 2.24) is 19.8 Å². The molecule has 0 atom stereocenters. The van der Waals surface area contributed by atoms with Crippen LogP contribution < -0.4 is 10.1 Å². The molecule has 0 aliphatic rings. The zero-order chi connectivity index (χ0) is 24.4. The van der Waals surface area contributed by atoms with Crippen LogP contribution in [0.1, 0.15) is 25.1 Å². The summed E-state index contributed by atoms with van der Waals surface area (Å²) in [5.41, 5.74) is 1.35. The lowest BCUT2D eigenvalue weighted by Crippen LogP contribution is -2.44.